The molecule has 45 heavy (non-hydrogen) atoms. The number of nitrogens with zero attached hydrogens (tertiary/aromatic N) is 3. The minimum atomic E-state index is -1.03. The highest BCUT2D eigenvalue weighted by atomic mass is 35.5. The highest BCUT2D eigenvalue weighted by Crippen LogP contribution is 2.41. The first kappa shape index (κ1) is 30.6. The van der Waals surface area contributed by atoms with Crippen LogP contribution in [-0.4, -0.2) is 74.1 Å². The Morgan fingerprint density at radius 1 is 1.16 bits per heavy atom. The van der Waals surface area contributed by atoms with Crippen LogP contribution >= 0.6 is 11.6 Å². The van der Waals surface area contributed by atoms with Crippen LogP contribution in [0.5, 0.6) is 5.88 Å². The van der Waals surface area contributed by atoms with Crippen LogP contribution in [0.1, 0.15) is 64.0 Å². The van der Waals surface area contributed by atoms with Gasteiger partial charge in [0.1, 0.15) is 12.1 Å². The number of oxime groups is 1. The van der Waals surface area contributed by atoms with E-state index in [-0.39, 0.29) is 31.3 Å². The number of hydrogen-bond acceptors (Lipinski definition) is 7. The van der Waals surface area contributed by atoms with Crippen LogP contribution in [0.25, 0.3) is 10.8 Å². The Hall–Kier alpha value is -4.38. The number of likely N-dealkylation sites (tertiary alicyclic amines) is 1. The van der Waals surface area contributed by atoms with E-state index in [1.807, 2.05) is 31.2 Å². The van der Waals surface area contributed by atoms with Crippen LogP contribution in [0.4, 0.5) is 0 Å². The largest absolute Gasteiger partial charge is 0.494 e. The summed E-state index contributed by atoms with van der Waals surface area (Å²) in [5, 5.41) is 22.7. The first-order valence-electron chi connectivity index (χ1n) is 15.3. The number of ketones is 1. The molecule has 0 radical (unpaired) electrons. The molecular weight excluding hydrogens is 598 g/mol. The Morgan fingerprint density at radius 3 is 2.64 bits per heavy atom. The van der Waals surface area contributed by atoms with Gasteiger partial charge in [-0.15, -0.1) is 0 Å². The second-order valence-electron chi connectivity index (χ2n) is 12.3. The lowest BCUT2D eigenvalue weighted by Gasteiger charge is -2.28. The van der Waals surface area contributed by atoms with Gasteiger partial charge in [-0.2, -0.15) is 0 Å². The maximum absolute atomic E-state index is 14.2. The summed E-state index contributed by atoms with van der Waals surface area (Å²) in [6.45, 7) is 3.58. The zero-order valence-corrected chi connectivity index (χ0v) is 25.9. The summed E-state index contributed by atoms with van der Waals surface area (Å²) in [5.41, 5.74) is 0.424. The molecule has 0 bridgehead atoms. The molecule has 1 saturated carbocycles. The fourth-order valence-corrected chi connectivity index (χ4v) is 6.43. The van der Waals surface area contributed by atoms with Crippen molar-refractivity contribution >= 4 is 51.6 Å². The number of halogens is 1. The Kier molecular flexibility index (Phi) is 8.30. The predicted molar refractivity (Wildman–Crippen MR) is 168 cm³/mol. The Labute approximate surface area is 265 Å². The Bertz CT molecular complexity index is 1700. The van der Waals surface area contributed by atoms with Crippen molar-refractivity contribution in [2.24, 2.45) is 5.16 Å². The molecule has 11 nitrogen and oxygen atoms in total. The molecule has 2 aliphatic heterocycles. The summed E-state index contributed by atoms with van der Waals surface area (Å²) in [6, 6.07) is 11.6. The molecule has 2 fully saturated rings. The number of carbonyl (C=O) groups excluding carboxylic acids is 4. The van der Waals surface area contributed by atoms with E-state index in [2.05, 4.69) is 15.8 Å². The fourth-order valence-electron chi connectivity index (χ4n) is 6.24. The van der Waals surface area contributed by atoms with E-state index in [1.54, 1.807) is 37.4 Å². The van der Waals surface area contributed by atoms with Crippen LogP contribution in [0.2, 0.25) is 5.02 Å². The fraction of sp³-hybridized carbons (Fsp3) is 0.424. The van der Waals surface area contributed by atoms with Gasteiger partial charge in [0.15, 0.2) is 11.5 Å². The Balaban J connectivity index is 1.27. The monoisotopic (exact) mass is 633 g/mol. The summed E-state index contributed by atoms with van der Waals surface area (Å²) >= 11 is 6.21. The van der Waals surface area contributed by atoms with E-state index in [1.165, 1.54) is 9.47 Å². The van der Waals surface area contributed by atoms with Crippen LogP contribution in [0, 0.1) is 0 Å². The number of fused-ring (bicyclic) bond motifs is 1. The third-order valence-corrected chi connectivity index (χ3v) is 9.06. The lowest BCUT2D eigenvalue weighted by molar-refractivity contribution is -0.143. The van der Waals surface area contributed by atoms with Crippen LogP contribution < -0.4 is 10.6 Å². The molecule has 4 atom stereocenters. The highest BCUT2D eigenvalue weighted by Gasteiger charge is 2.54. The summed E-state index contributed by atoms with van der Waals surface area (Å²) in [7, 11) is 0. The van der Waals surface area contributed by atoms with E-state index < -0.39 is 47.2 Å². The average Bonchev–Trinajstić information content (AvgIpc) is 3.48. The van der Waals surface area contributed by atoms with Crippen molar-refractivity contribution in [3.63, 3.8) is 0 Å². The van der Waals surface area contributed by atoms with Gasteiger partial charge < -0.3 is 30.0 Å². The zero-order valence-electron chi connectivity index (χ0n) is 25.2. The van der Waals surface area contributed by atoms with Gasteiger partial charge in [0.05, 0.1) is 18.3 Å². The maximum atomic E-state index is 14.2. The Morgan fingerprint density at radius 2 is 1.93 bits per heavy atom. The number of aromatic nitrogens is 1. The van der Waals surface area contributed by atoms with Gasteiger partial charge in [0.2, 0.25) is 17.6 Å². The normalized spacial score (nSPS) is 22.2. The first-order valence-corrected chi connectivity index (χ1v) is 15.7. The molecule has 1 aromatic heterocycles. The third kappa shape index (κ3) is 6.13. The number of rotatable bonds is 10. The topological polar surface area (TPSA) is 142 Å². The van der Waals surface area contributed by atoms with Gasteiger partial charge in [-0.05, 0) is 44.4 Å². The summed E-state index contributed by atoms with van der Waals surface area (Å²) in [6.07, 6.45) is 4.63. The van der Waals surface area contributed by atoms with E-state index in [4.69, 9.17) is 16.4 Å². The molecule has 1 aliphatic carbocycles. The van der Waals surface area contributed by atoms with E-state index in [0.29, 0.717) is 29.0 Å². The quantitative estimate of drug-likeness (QED) is 0.290. The van der Waals surface area contributed by atoms with Gasteiger partial charge in [0, 0.05) is 46.4 Å². The standard InChI is InChI=1S/C33H36ClN5O6/c1-3-7-25(28(40)30(42)35-23-12-13-23)36-29(41)27-16-33(15-26(37-45-33)20-9-6-10-22(34)14-20)18-39(27)31(43)19(2)38-17-21-8-4-5-11-24(21)32(38)44/h4-6,8-11,14,17,19,23,25,27,44H,3,7,12-13,15-16,18H2,1-2H3,(H,35,42)(H,36,41)/t19?,25-,27-,33+/m0/s1. The van der Waals surface area contributed by atoms with Crippen molar-refractivity contribution in [1.29, 1.82) is 0 Å². The molecule has 3 aromatic rings. The maximum Gasteiger partial charge on any atom is 0.289 e. The lowest BCUT2D eigenvalue weighted by atomic mass is 9.91. The van der Waals surface area contributed by atoms with Gasteiger partial charge in [-0.1, -0.05) is 60.4 Å². The van der Waals surface area contributed by atoms with E-state index >= 15 is 0 Å². The molecule has 1 unspecified atom stereocenters. The summed E-state index contributed by atoms with van der Waals surface area (Å²) in [5.74, 6) is -2.44. The smallest absolute Gasteiger partial charge is 0.289 e. The average molecular weight is 634 g/mol. The molecule has 2 aromatic carbocycles. The highest BCUT2D eigenvalue weighted by molar-refractivity contribution is 6.38. The molecule has 6 rings (SSSR count). The minimum Gasteiger partial charge on any atom is -0.494 e. The van der Waals surface area contributed by atoms with Crippen molar-refractivity contribution in [3.05, 3.63) is 65.3 Å². The number of hydrogen-bond donors (Lipinski definition) is 3. The number of benzene rings is 2. The molecular formula is C33H36ClN5O6. The predicted octanol–water partition coefficient (Wildman–Crippen LogP) is 3.86. The molecule has 3 N–H and O–H groups in total. The lowest BCUT2D eigenvalue weighted by Crippen LogP contribution is -2.54. The second kappa shape index (κ2) is 12.2. The van der Waals surface area contributed by atoms with Crippen LogP contribution in [-0.2, 0) is 24.0 Å². The molecule has 3 aliphatic rings. The number of carbonyl (C=O) groups is 4. The first-order chi connectivity index (χ1) is 21.6. The second-order valence-corrected chi connectivity index (χ2v) is 12.7. The third-order valence-electron chi connectivity index (χ3n) is 8.83. The van der Waals surface area contributed by atoms with Crippen molar-refractivity contribution in [3.8, 4) is 5.88 Å². The number of nitrogens with one attached hydrogen (secondary N) is 2. The SMILES string of the molecule is CCC[C@H](NC(=O)[C@@H]1C[C@]2(CC(c3cccc(Cl)c3)=NO2)CN1C(=O)C(C)n1cc2ccccc2c1O)C(=O)C(=O)NC1CC1. The van der Waals surface area contributed by atoms with Crippen molar-refractivity contribution in [2.75, 3.05) is 6.54 Å². The van der Waals surface area contributed by atoms with Crippen LogP contribution in [0.3, 0.4) is 0 Å². The van der Waals surface area contributed by atoms with Gasteiger partial charge >= 0.3 is 0 Å². The molecule has 1 spiro atoms. The minimum absolute atomic E-state index is 0.00123. The number of amides is 3. The zero-order chi connectivity index (χ0) is 31.9. The molecule has 1 saturated heterocycles. The van der Waals surface area contributed by atoms with Crippen LogP contribution in [0.15, 0.2) is 59.9 Å². The van der Waals surface area contributed by atoms with Crippen molar-refractivity contribution in [1.82, 2.24) is 20.1 Å². The van der Waals surface area contributed by atoms with Gasteiger partial charge in [0.25, 0.3) is 5.91 Å². The summed E-state index contributed by atoms with van der Waals surface area (Å²) < 4.78 is 1.49. The molecule has 236 valence electrons. The number of aromatic hydroxyl groups is 1. The molecule has 3 heterocycles. The van der Waals surface area contributed by atoms with E-state index in [0.717, 1.165) is 23.8 Å². The van der Waals surface area contributed by atoms with E-state index in [9.17, 15) is 24.3 Å². The van der Waals surface area contributed by atoms with Gasteiger partial charge in [-0.3, -0.25) is 19.2 Å². The molecule has 3 amide bonds. The van der Waals surface area contributed by atoms with Crippen molar-refractivity contribution < 1.29 is 29.1 Å². The van der Waals surface area contributed by atoms with Crippen molar-refractivity contribution in [2.45, 2.75) is 82.1 Å². The molecule has 12 heteroatoms. The van der Waals surface area contributed by atoms with Gasteiger partial charge in [-0.25, -0.2) is 0 Å². The number of Topliss-reactive ketones (excluding diaryl/α,β-unsaturated/α-hetero) is 1. The summed E-state index contributed by atoms with van der Waals surface area (Å²) in [4.78, 5) is 61.2.